The van der Waals surface area contributed by atoms with Gasteiger partial charge in [-0.1, -0.05) is 29.3 Å². The van der Waals surface area contributed by atoms with Crippen molar-refractivity contribution in [3.8, 4) is 17.2 Å². The molecule has 6 nitrogen and oxygen atoms in total. The van der Waals surface area contributed by atoms with Crippen molar-refractivity contribution in [2.45, 2.75) is 13.5 Å². The van der Waals surface area contributed by atoms with Gasteiger partial charge in [0, 0.05) is 5.56 Å². The molecule has 0 unspecified atom stereocenters. The molecule has 0 heterocycles. The van der Waals surface area contributed by atoms with Crippen LogP contribution in [0.4, 0.5) is 0 Å². The Bertz CT molecular complexity index is 1100. The van der Waals surface area contributed by atoms with Crippen molar-refractivity contribution in [2.75, 3.05) is 13.7 Å². The Kier molecular flexibility index (Phi) is 8.36. The molecular weight excluding hydrogens is 451 g/mol. The van der Waals surface area contributed by atoms with Crippen molar-refractivity contribution in [1.29, 1.82) is 0 Å². The van der Waals surface area contributed by atoms with Crippen molar-refractivity contribution < 1.29 is 19.0 Å². The summed E-state index contributed by atoms with van der Waals surface area (Å²) in [6.45, 7) is 2.67. The van der Waals surface area contributed by atoms with E-state index < -0.39 is 0 Å². The first-order valence-corrected chi connectivity index (χ1v) is 10.6. The van der Waals surface area contributed by atoms with Crippen molar-refractivity contribution in [3.05, 3.63) is 87.4 Å². The minimum Gasteiger partial charge on any atom is -0.497 e. The van der Waals surface area contributed by atoms with Gasteiger partial charge in [-0.15, -0.1) is 0 Å². The maximum absolute atomic E-state index is 12.2. The fourth-order valence-corrected chi connectivity index (χ4v) is 3.08. The Labute approximate surface area is 196 Å². The van der Waals surface area contributed by atoms with Crippen LogP contribution in [-0.2, 0) is 6.61 Å². The minimum atomic E-state index is -0.324. The lowest BCUT2D eigenvalue weighted by Gasteiger charge is -2.13. The molecule has 8 heteroatoms. The first-order valence-electron chi connectivity index (χ1n) is 9.81. The zero-order valence-electron chi connectivity index (χ0n) is 17.6. The second kappa shape index (κ2) is 11.4. The molecule has 0 fully saturated rings. The normalized spacial score (nSPS) is 10.8. The second-order valence-corrected chi connectivity index (χ2v) is 7.42. The van der Waals surface area contributed by atoms with Gasteiger partial charge in [0.15, 0.2) is 11.5 Å². The fourth-order valence-electron chi connectivity index (χ4n) is 2.76. The SMILES string of the molecule is CCOc1cc(/C=N\NC(=O)c2ccc(OC)cc2)ccc1OCc1ccc(Cl)c(Cl)c1. The molecule has 1 N–H and O–H groups in total. The van der Waals surface area contributed by atoms with Crippen molar-refractivity contribution >= 4 is 35.3 Å². The van der Waals surface area contributed by atoms with E-state index in [1.165, 1.54) is 6.21 Å². The lowest BCUT2D eigenvalue weighted by atomic mass is 10.2. The highest BCUT2D eigenvalue weighted by atomic mass is 35.5. The molecule has 3 aromatic rings. The van der Waals surface area contributed by atoms with Gasteiger partial charge in [0.05, 0.1) is 30.0 Å². The molecule has 0 aromatic heterocycles. The molecule has 0 saturated carbocycles. The Morgan fingerprint density at radius 2 is 1.75 bits per heavy atom. The molecule has 0 aliphatic rings. The van der Waals surface area contributed by atoms with E-state index in [1.807, 2.05) is 19.1 Å². The van der Waals surface area contributed by atoms with E-state index >= 15 is 0 Å². The highest BCUT2D eigenvalue weighted by Crippen LogP contribution is 2.30. The lowest BCUT2D eigenvalue weighted by molar-refractivity contribution is 0.0955. The molecule has 0 aliphatic heterocycles. The summed E-state index contributed by atoms with van der Waals surface area (Å²) in [5.41, 5.74) is 4.60. The third kappa shape index (κ3) is 6.39. The molecule has 3 rings (SSSR count). The quantitative estimate of drug-likeness (QED) is 0.318. The highest BCUT2D eigenvalue weighted by molar-refractivity contribution is 6.42. The number of hydrogen-bond acceptors (Lipinski definition) is 5. The summed E-state index contributed by atoms with van der Waals surface area (Å²) in [6, 6.07) is 17.5. The van der Waals surface area contributed by atoms with Crippen molar-refractivity contribution in [2.24, 2.45) is 5.10 Å². The molecule has 0 aliphatic carbocycles. The summed E-state index contributed by atoms with van der Waals surface area (Å²) in [4.78, 5) is 12.2. The molecule has 0 radical (unpaired) electrons. The van der Waals surface area contributed by atoms with Gasteiger partial charge in [-0.25, -0.2) is 5.43 Å². The number of amides is 1. The van der Waals surface area contributed by atoms with Crippen LogP contribution in [0.25, 0.3) is 0 Å². The van der Waals surface area contributed by atoms with Crippen LogP contribution in [0.2, 0.25) is 10.0 Å². The Morgan fingerprint density at radius 3 is 2.44 bits per heavy atom. The lowest BCUT2D eigenvalue weighted by Crippen LogP contribution is -2.17. The van der Waals surface area contributed by atoms with Crippen molar-refractivity contribution in [1.82, 2.24) is 5.43 Å². The van der Waals surface area contributed by atoms with Gasteiger partial charge in [-0.3, -0.25) is 4.79 Å². The van der Waals surface area contributed by atoms with Gasteiger partial charge in [0.2, 0.25) is 0 Å². The molecule has 3 aromatic carbocycles. The first-order chi connectivity index (χ1) is 15.5. The number of benzene rings is 3. The topological polar surface area (TPSA) is 69.2 Å². The van der Waals surface area contributed by atoms with Crippen LogP contribution in [0.15, 0.2) is 65.8 Å². The molecule has 0 saturated heterocycles. The van der Waals surface area contributed by atoms with Gasteiger partial charge in [0.25, 0.3) is 5.91 Å². The van der Waals surface area contributed by atoms with Gasteiger partial charge >= 0.3 is 0 Å². The van der Waals surface area contributed by atoms with Gasteiger partial charge < -0.3 is 14.2 Å². The molecule has 166 valence electrons. The molecule has 0 bridgehead atoms. The standard InChI is InChI=1S/C24H22Cl2N2O4/c1-3-31-23-13-16(14-27-28-24(29)18-6-8-19(30-2)9-7-18)5-11-22(23)32-15-17-4-10-20(25)21(26)12-17/h4-14H,3,15H2,1-2H3,(H,28,29)/b27-14-. The smallest absolute Gasteiger partial charge is 0.271 e. The van der Waals surface area contributed by atoms with E-state index in [2.05, 4.69) is 10.5 Å². The minimum absolute atomic E-state index is 0.308. The van der Waals surface area contributed by atoms with E-state index in [4.69, 9.17) is 37.4 Å². The fraction of sp³-hybridized carbons (Fsp3) is 0.167. The number of carbonyl (C=O) groups excluding carboxylic acids is 1. The summed E-state index contributed by atoms with van der Waals surface area (Å²) in [5.74, 6) is 1.50. The van der Waals surface area contributed by atoms with E-state index in [1.54, 1.807) is 55.6 Å². The number of methoxy groups -OCH3 is 1. The second-order valence-electron chi connectivity index (χ2n) is 6.60. The van der Waals surface area contributed by atoms with Crippen molar-refractivity contribution in [3.63, 3.8) is 0 Å². The molecular formula is C24H22Cl2N2O4. The number of hydrazone groups is 1. The van der Waals surface area contributed by atoms with Crippen LogP contribution in [0, 0.1) is 0 Å². The maximum Gasteiger partial charge on any atom is 0.271 e. The third-order valence-corrected chi connectivity index (χ3v) is 5.12. The van der Waals surface area contributed by atoms with Crippen LogP contribution in [0.3, 0.4) is 0 Å². The summed E-state index contributed by atoms with van der Waals surface area (Å²) in [7, 11) is 1.57. The first kappa shape index (κ1) is 23.4. The number of hydrogen-bond donors (Lipinski definition) is 1. The third-order valence-electron chi connectivity index (χ3n) is 4.38. The zero-order chi connectivity index (χ0) is 22.9. The summed E-state index contributed by atoms with van der Waals surface area (Å²) in [6.07, 6.45) is 1.53. The van der Waals surface area contributed by atoms with Gasteiger partial charge in [-0.05, 0) is 72.6 Å². The Morgan fingerprint density at radius 1 is 0.969 bits per heavy atom. The van der Waals surface area contributed by atoms with Crippen LogP contribution in [-0.4, -0.2) is 25.8 Å². The average Bonchev–Trinajstić information content (AvgIpc) is 2.81. The van der Waals surface area contributed by atoms with Gasteiger partial charge in [0.1, 0.15) is 12.4 Å². The highest BCUT2D eigenvalue weighted by Gasteiger charge is 2.08. The maximum atomic E-state index is 12.2. The Hall–Kier alpha value is -3.22. The monoisotopic (exact) mass is 472 g/mol. The molecule has 32 heavy (non-hydrogen) atoms. The van der Waals surface area contributed by atoms with E-state index in [-0.39, 0.29) is 5.91 Å². The molecule has 1 amide bonds. The zero-order valence-corrected chi connectivity index (χ0v) is 19.1. The Balaban J connectivity index is 1.64. The van der Waals surface area contributed by atoms with Gasteiger partial charge in [-0.2, -0.15) is 5.10 Å². The van der Waals surface area contributed by atoms with E-state index in [0.717, 1.165) is 11.1 Å². The average molecular weight is 473 g/mol. The number of nitrogens with zero attached hydrogens (tertiary/aromatic N) is 1. The number of halogens is 2. The predicted octanol–water partition coefficient (Wildman–Crippen LogP) is 5.74. The van der Waals surface area contributed by atoms with Crippen LogP contribution < -0.4 is 19.6 Å². The molecule has 0 atom stereocenters. The number of rotatable bonds is 9. The van der Waals surface area contributed by atoms with E-state index in [0.29, 0.717) is 46.1 Å². The summed E-state index contributed by atoms with van der Waals surface area (Å²) >= 11 is 12.0. The largest absolute Gasteiger partial charge is 0.497 e. The predicted molar refractivity (Wildman–Crippen MR) is 126 cm³/mol. The molecule has 0 spiro atoms. The summed E-state index contributed by atoms with van der Waals surface area (Å²) < 4.78 is 16.7. The number of ether oxygens (including phenoxy) is 3. The van der Waals surface area contributed by atoms with Crippen LogP contribution in [0.5, 0.6) is 17.2 Å². The van der Waals surface area contributed by atoms with E-state index in [9.17, 15) is 4.79 Å². The summed E-state index contributed by atoms with van der Waals surface area (Å²) in [5, 5.41) is 4.99. The number of carbonyl (C=O) groups is 1. The van der Waals surface area contributed by atoms with Crippen LogP contribution in [0.1, 0.15) is 28.4 Å². The van der Waals surface area contributed by atoms with Crippen LogP contribution >= 0.6 is 23.2 Å². The number of nitrogens with one attached hydrogen (secondary N) is 1.